The van der Waals surface area contributed by atoms with E-state index in [-0.39, 0.29) is 12.5 Å². The first-order chi connectivity index (χ1) is 9.16. The molecule has 112 valence electrons. The van der Waals surface area contributed by atoms with Crippen molar-refractivity contribution in [3.8, 4) is 5.75 Å². The summed E-state index contributed by atoms with van der Waals surface area (Å²) in [5.41, 5.74) is -1.94. The summed E-state index contributed by atoms with van der Waals surface area (Å²) in [7, 11) is 0. The normalized spacial score (nSPS) is 14.5. The van der Waals surface area contributed by atoms with Gasteiger partial charge in [-0.15, -0.1) is 0 Å². The van der Waals surface area contributed by atoms with E-state index in [1.54, 1.807) is 45.0 Å². The van der Waals surface area contributed by atoms with E-state index >= 15 is 0 Å². The van der Waals surface area contributed by atoms with Crippen LogP contribution in [-0.4, -0.2) is 28.8 Å². The number of hydrogen-bond donors (Lipinski definition) is 2. The van der Waals surface area contributed by atoms with Crippen LogP contribution in [0.3, 0.4) is 0 Å². The molecule has 1 aromatic rings. The van der Waals surface area contributed by atoms with Gasteiger partial charge < -0.3 is 15.2 Å². The van der Waals surface area contributed by atoms with Crippen molar-refractivity contribution in [2.75, 3.05) is 6.54 Å². The predicted octanol–water partition coefficient (Wildman–Crippen LogP) is 2.77. The molecule has 2 N–H and O–H groups in total. The van der Waals surface area contributed by atoms with Crippen LogP contribution in [0.1, 0.15) is 34.1 Å². The number of benzene rings is 1. The van der Waals surface area contributed by atoms with E-state index < -0.39 is 11.2 Å². The van der Waals surface area contributed by atoms with Gasteiger partial charge >= 0.3 is 0 Å². The van der Waals surface area contributed by atoms with Gasteiger partial charge in [-0.2, -0.15) is 0 Å². The smallest absolute Gasteiger partial charge is 0.263 e. The fraction of sp³-hybridized carbons (Fsp3) is 0.533. The zero-order valence-electron chi connectivity index (χ0n) is 12.4. The second-order valence-corrected chi connectivity index (χ2v) is 6.04. The molecule has 0 saturated carbocycles. The lowest BCUT2D eigenvalue weighted by Crippen LogP contribution is -2.50. The second kappa shape index (κ2) is 6.46. The molecule has 0 aliphatic rings. The van der Waals surface area contributed by atoms with Crippen LogP contribution in [-0.2, 0) is 4.79 Å². The largest absolute Gasteiger partial charge is 0.478 e. The molecule has 0 saturated heterocycles. The molecule has 1 rings (SSSR count). The van der Waals surface area contributed by atoms with Crippen LogP contribution in [0.15, 0.2) is 24.3 Å². The molecule has 0 aliphatic carbocycles. The van der Waals surface area contributed by atoms with Crippen molar-refractivity contribution in [1.82, 2.24) is 5.32 Å². The third-order valence-electron chi connectivity index (χ3n) is 3.12. The van der Waals surface area contributed by atoms with Crippen LogP contribution in [0.2, 0.25) is 5.02 Å². The summed E-state index contributed by atoms with van der Waals surface area (Å²) in [6.07, 6.45) is 0.561. The first-order valence-electron chi connectivity index (χ1n) is 6.61. The van der Waals surface area contributed by atoms with Gasteiger partial charge in [0.15, 0.2) is 5.60 Å². The van der Waals surface area contributed by atoms with E-state index in [0.717, 1.165) is 0 Å². The second-order valence-electron chi connectivity index (χ2n) is 5.60. The molecule has 5 heteroatoms. The van der Waals surface area contributed by atoms with E-state index in [1.807, 2.05) is 6.92 Å². The van der Waals surface area contributed by atoms with Gasteiger partial charge in [-0.3, -0.25) is 4.79 Å². The highest BCUT2D eigenvalue weighted by molar-refractivity contribution is 6.30. The van der Waals surface area contributed by atoms with Crippen molar-refractivity contribution >= 4 is 17.5 Å². The minimum absolute atomic E-state index is 0.190. The van der Waals surface area contributed by atoms with E-state index in [9.17, 15) is 9.90 Å². The number of ether oxygens (including phenoxy) is 1. The summed E-state index contributed by atoms with van der Waals surface area (Å²) in [6.45, 7) is 7.09. The molecule has 0 spiro atoms. The number of amides is 1. The van der Waals surface area contributed by atoms with E-state index in [4.69, 9.17) is 16.3 Å². The minimum atomic E-state index is -1.03. The van der Waals surface area contributed by atoms with E-state index in [1.165, 1.54) is 0 Å². The zero-order valence-corrected chi connectivity index (χ0v) is 13.1. The highest BCUT2D eigenvalue weighted by Crippen LogP contribution is 2.21. The summed E-state index contributed by atoms with van der Waals surface area (Å²) >= 11 is 5.80. The van der Waals surface area contributed by atoms with Gasteiger partial charge in [0.1, 0.15) is 5.75 Å². The van der Waals surface area contributed by atoms with Crippen LogP contribution in [0, 0.1) is 0 Å². The van der Waals surface area contributed by atoms with Crippen LogP contribution < -0.4 is 10.1 Å². The molecule has 1 unspecified atom stereocenters. The fourth-order valence-electron chi connectivity index (χ4n) is 1.45. The van der Waals surface area contributed by atoms with Crippen molar-refractivity contribution in [3.05, 3.63) is 29.3 Å². The molecular weight excluding hydrogens is 278 g/mol. The Balaban J connectivity index is 2.63. The van der Waals surface area contributed by atoms with Gasteiger partial charge in [0.25, 0.3) is 5.91 Å². The number of aliphatic hydroxyl groups is 1. The lowest BCUT2D eigenvalue weighted by molar-refractivity contribution is -0.135. The first-order valence-corrected chi connectivity index (χ1v) is 6.99. The molecule has 0 aromatic heterocycles. The molecule has 0 bridgehead atoms. The van der Waals surface area contributed by atoms with Crippen LogP contribution in [0.4, 0.5) is 0 Å². The number of rotatable bonds is 6. The zero-order chi connectivity index (χ0) is 15.4. The maximum absolute atomic E-state index is 12.1. The maximum Gasteiger partial charge on any atom is 0.263 e. The van der Waals surface area contributed by atoms with Gasteiger partial charge in [-0.05, 0) is 51.5 Å². The molecule has 0 radical (unpaired) electrons. The highest BCUT2D eigenvalue weighted by Gasteiger charge is 2.31. The van der Waals surface area contributed by atoms with E-state index in [2.05, 4.69) is 5.32 Å². The van der Waals surface area contributed by atoms with Crippen molar-refractivity contribution in [3.63, 3.8) is 0 Å². The highest BCUT2D eigenvalue weighted by atomic mass is 35.5. The van der Waals surface area contributed by atoms with Crippen LogP contribution in [0.25, 0.3) is 0 Å². The Morgan fingerprint density at radius 3 is 2.35 bits per heavy atom. The predicted molar refractivity (Wildman–Crippen MR) is 80.1 cm³/mol. The standard InChI is InChI=1S/C15H22ClNO3/c1-5-15(4,19)10-17-13(18)14(2,3)20-12-8-6-11(16)7-9-12/h6-9,19H,5,10H2,1-4H3,(H,17,18). The molecule has 1 atom stereocenters. The average Bonchev–Trinajstić information content (AvgIpc) is 2.38. The van der Waals surface area contributed by atoms with Gasteiger partial charge in [-0.1, -0.05) is 18.5 Å². The maximum atomic E-state index is 12.1. The number of carbonyl (C=O) groups excluding carboxylic acids is 1. The molecular formula is C15H22ClNO3. The monoisotopic (exact) mass is 299 g/mol. The molecule has 20 heavy (non-hydrogen) atoms. The van der Waals surface area contributed by atoms with Crippen molar-refractivity contribution in [2.45, 2.75) is 45.3 Å². The number of hydrogen-bond acceptors (Lipinski definition) is 3. The summed E-state index contributed by atoms with van der Waals surface area (Å²) < 4.78 is 5.67. The van der Waals surface area contributed by atoms with Gasteiger partial charge in [0.05, 0.1) is 5.60 Å². The van der Waals surface area contributed by atoms with Crippen molar-refractivity contribution < 1.29 is 14.6 Å². The Morgan fingerprint density at radius 2 is 1.85 bits per heavy atom. The summed E-state index contributed by atoms with van der Waals surface area (Å²) in [6, 6.07) is 6.82. The van der Waals surface area contributed by atoms with Gasteiger partial charge in [-0.25, -0.2) is 0 Å². The Bertz CT molecular complexity index is 455. The Kier molecular flexibility index (Phi) is 5.42. The van der Waals surface area contributed by atoms with E-state index in [0.29, 0.717) is 17.2 Å². The summed E-state index contributed by atoms with van der Waals surface area (Å²) in [5.74, 6) is 0.290. The quantitative estimate of drug-likeness (QED) is 0.849. The third kappa shape index (κ3) is 5.02. The topological polar surface area (TPSA) is 58.6 Å². The molecule has 1 amide bonds. The number of carbonyl (C=O) groups is 1. The van der Waals surface area contributed by atoms with Crippen molar-refractivity contribution in [1.29, 1.82) is 0 Å². The van der Waals surface area contributed by atoms with Crippen LogP contribution in [0.5, 0.6) is 5.75 Å². The Morgan fingerprint density at radius 1 is 1.30 bits per heavy atom. The Hall–Kier alpha value is -1.26. The Labute approximate surface area is 125 Å². The van der Waals surface area contributed by atoms with Gasteiger partial charge in [0, 0.05) is 11.6 Å². The third-order valence-corrected chi connectivity index (χ3v) is 3.38. The number of nitrogens with one attached hydrogen (secondary N) is 1. The molecule has 0 fully saturated rings. The SMILES string of the molecule is CCC(C)(O)CNC(=O)C(C)(C)Oc1ccc(Cl)cc1. The lowest BCUT2D eigenvalue weighted by Gasteiger charge is -2.28. The van der Waals surface area contributed by atoms with Crippen LogP contribution >= 0.6 is 11.6 Å². The molecule has 0 aliphatic heterocycles. The average molecular weight is 300 g/mol. The summed E-state index contributed by atoms with van der Waals surface area (Å²) in [5, 5.41) is 13.2. The van der Waals surface area contributed by atoms with Gasteiger partial charge in [0.2, 0.25) is 0 Å². The molecule has 0 heterocycles. The lowest BCUT2D eigenvalue weighted by atomic mass is 10.0. The first kappa shape index (κ1) is 16.8. The fourth-order valence-corrected chi connectivity index (χ4v) is 1.58. The number of halogens is 1. The minimum Gasteiger partial charge on any atom is -0.478 e. The molecule has 1 aromatic carbocycles. The molecule has 4 nitrogen and oxygen atoms in total. The van der Waals surface area contributed by atoms with Crippen molar-refractivity contribution in [2.24, 2.45) is 0 Å². The summed E-state index contributed by atoms with van der Waals surface area (Å²) in [4.78, 5) is 12.1.